The molecule has 6 aromatic rings. The third-order valence-corrected chi connectivity index (χ3v) is 6.58. The van der Waals surface area contributed by atoms with Gasteiger partial charge in [-0.15, -0.1) is 0 Å². The van der Waals surface area contributed by atoms with E-state index in [4.69, 9.17) is 11.6 Å². The molecule has 0 saturated carbocycles. The quantitative estimate of drug-likeness (QED) is 0.261. The molecular formula is C28H16ClN. The van der Waals surface area contributed by atoms with Crippen LogP contribution in [0.1, 0.15) is 0 Å². The fraction of sp³-hybridized carbons (Fsp3) is 0. The molecule has 0 amide bonds. The van der Waals surface area contributed by atoms with Gasteiger partial charge in [0.15, 0.2) is 0 Å². The molecular weight excluding hydrogens is 386 g/mol. The van der Waals surface area contributed by atoms with Crippen LogP contribution < -0.4 is 0 Å². The number of aromatic nitrogens is 1. The second kappa shape index (κ2) is 5.75. The molecule has 30 heavy (non-hydrogen) atoms. The zero-order chi connectivity index (χ0) is 19.8. The summed E-state index contributed by atoms with van der Waals surface area (Å²) >= 11 is 6.70. The SMILES string of the molecule is Clc1cc2c3c4c5c(cccc5ccc4n(-c4ccccc4)c3c1)-c1ccccc1-2. The van der Waals surface area contributed by atoms with Crippen LogP contribution in [-0.4, -0.2) is 4.57 Å². The standard InChI is InChI=1S/C28H16ClN/c29-18-15-23-21-11-5-4-10-20(21)22-12-6-7-17-13-14-24-28(26(17)22)27(23)25(16-18)30(24)19-8-2-1-3-9-19/h1-16H. The van der Waals surface area contributed by atoms with E-state index < -0.39 is 0 Å². The van der Waals surface area contributed by atoms with Gasteiger partial charge in [-0.05, 0) is 63.4 Å². The van der Waals surface area contributed by atoms with Crippen LogP contribution in [0.15, 0.2) is 97.1 Å². The summed E-state index contributed by atoms with van der Waals surface area (Å²) < 4.78 is 2.35. The molecule has 0 atom stereocenters. The van der Waals surface area contributed by atoms with Crippen molar-refractivity contribution in [3.05, 3.63) is 102 Å². The van der Waals surface area contributed by atoms with Crippen molar-refractivity contribution in [3.8, 4) is 27.9 Å². The zero-order valence-corrected chi connectivity index (χ0v) is 16.8. The minimum absolute atomic E-state index is 0.759. The Hall–Kier alpha value is -3.55. The van der Waals surface area contributed by atoms with Crippen LogP contribution in [0, 0.1) is 0 Å². The summed E-state index contributed by atoms with van der Waals surface area (Å²) in [5.74, 6) is 0. The van der Waals surface area contributed by atoms with Gasteiger partial charge < -0.3 is 4.57 Å². The minimum atomic E-state index is 0.759. The van der Waals surface area contributed by atoms with Crippen LogP contribution in [-0.2, 0) is 0 Å². The Morgan fingerprint density at radius 2 is 1.23 bits per heavy atom. The van der Waals surface area contributed by atoms with Crippen LogP contribution >= 0.6 is 11.6 Å². The van der Waals surface area contributed by atoms with E-state index in [9.17, 15) is 0 Å². The molecule has 1 heterocycles. The number of benzene rings is 5. The van der Waals surface area contributed by atoms with E-state index in [1.807, 2.05) is 0 Å². The summed E-state index contributed by atoms with van der Waals surface area (Å²) in [5.41, 5.74) is 8.51. The number of hydrogen-bond donors (Lipinski definition) is 0. The fourth-order valence-corrected chi connectivity index (χ4v) is 5.43. The molecule has 7 rings (SSSR count). The van der Waals surface area contributed by atoms with E-state index in [2.05, 4.69) is 102 Å². The average Bonchev–Trinajstić information content (AvgIpc) is 3.06. The Bertz CT molecular complexity index is 1640. The van der Waals surface area contributed by atoms with Gasteiger partial charge in [0.2, 0.25) is 0 Å². The summed E-state index contributed by atoms with van der Waals surface area (Å²) in [6.45, 7) is 0. The van der Waals surface area contributed by atoms with Gasteiger partial charge in [0.25, 0.3) is 0 Å². The lowest BCUT2D eigenvalue weighted by molar-refractivity contribution is 1.18. The first-order valence-corrected chi connectivity index (χ1v) is 10.5. The Morgan fingerprint density at radius 3 is 2.07 bits per heavy atom. The molecule has 0 bridgehead atoms. The number of fused-ring (bicyclic) bond motifs is 3. The molecule has 2 heteroatoms. The van der Waals surface area contributed by atoms with E-state index >= 15 is 0 Å². The molecule has 140 valence electrons. The molecule has 0 unspecified atom stereocenters. The van der Waals surface area contributed by atoms with Crippen LogP contribution in [0.3, 0.4) is 0 Å². The molecule has 1 nitrogen and oxygen atoms in total. The molecule has 0 saturated heterocycles. The van der Waals surface area contributed by atoms with Crippen LogP contribution in [0.2, 0.25) is 5.02 Å². The third kappa shape index (κ3) is 1.98. The van der Waals surface area contributed by atoms with Gasteiger partial charge in [0.05, 0.1) is 11.0 Å². The van der Waals surface area contributed by atoms with Gasteiger partial charge in [-0.2, -0.15) is 0 Å². The van der Waals surface area contributed by atoms with Crippen molar-refractivity contribution in [1.29, 1.82) is 0 Å². The van der Waals surface area contributed by atoms with Crippen LogP contribution in [0.25, 0.3) is 60.5 Å². The van der Waals surface area contributed by atoms with Crippen molar-refractivity contribution < 1.29 is 0 Å². The smallest absolute Gasteiger partial charge is 0.0562 e. The largest absolute Gasteiger partial charge is 0.309 e. The highest BCUT2D eigenvalue weighted by Gasteiger charge is 2.24. The van der Waals surface area contributed by atoms with Crippen molar-refractivity contribution in [1.82, 2.24) is 4.57 Å². The van der Waals surface area contributed by atoms with Gasteiger partial charge in [0, 0.05) is 21.5 Å². The average molecular weight is 402 g/mol. The second-order valence-electron chi connectivity index (χ2n) is 7.93. The number of halogens is 1. The summed E-state index contributed by atoms with van der Waals surface area (Å²) in [4.78, 5) is 0. The lowest BCUT2D eigenvalue weighted by atomic mass is 9.93. The van der Waals surface area contributed by atoms with Crippen molar-refractivity contribution in [2.75, 3.05) is 0 Å². The van der Waals surface area contributed by atoms with E-state index in [0.29, 0.717) is 0 Å². The van der Waals surface area contributed by atoms with Crippen molar-refractivity contribution in [3.63, 3.8) is 0 Å². The summed E-state index contributed by atoms with van der Waals surface area (Å²) in [5, 5.41) is 5.94. The summed E-state index contributed by atoms with van der Waals surface area (Å²) in [7, 11) is 0. The first kappa shape index (κ1) is 16.3. The molecule has 0 aliphatic heterocycles. The van der Waals surface area contributed by atoms with Crippen molar-refractivity contribution in [2.45, 2.75) is 0 Å². The minimum Gasteiger partial charge on any atom is -0.309 e. The number of hydrogen-bond acceptors (Lipinski definition) is 0. The predicted molar refractivity (Wildman–Crippen MR) is 128 cm³/mol. The van der Waals surface area contributed by atoms with Gasteiger partial charge in [-0.25, -0.2) is 0 Å². The van der Waals surface area contributed by atoms with Gasteiger partial charge in [0.1, 0.15) is 0 Å². The Labute approximate surface area is 178 Å². The van der Waals surface area contributed by atoms with E-state index in [0.717, 1.165) is 16.2 Å². The highest BCUT2D eigenvalue weighted by atomic mass is 35.5. The maximum atomic E-state index is 6.70. The Balaban J connectivity index is 1.85. The Morgan fingerprint density at radius 1 is 0.500 bits per heavy atom. The lowest BCUT2D eigenvalue weighted by Gasteiger charge is -2.14. The second-order valence-corrected chi connectivity index (χ2v) is 8.36. The monoisotopic (exact) mass is 401 g/mol. The highest BCUT2D eigenvalue weighted by Crippen LogP contribution is 2.50. The molecule has 0 radical (unpaired) electrons. The molecule has 5 aromatic carbocycles. The van der Waals surface area contributed by atoms with E-state index in [1.54, 1.807) is 0 Å². The zero-order valence-electron chi connectivity index (χ0n) is 16.1. The molecule has 0 fully saturated rings. The predicted octanol–water partition coefficient (Wildman–Crippen LogP) is 8.24. The summed E-state index contributed by atoms with van der Waals surface area (Å²) in [6, 6.07) is 34.6. The van der Waals surface area contributed by atoms with Crippen LogP contribution in [0.5, 0.6) is 0 Å². The fourth-order valence-electron chi connectivity index (χ4n) is 5.21. The normalized spacial score (nSPS) is 12.2. The van der Waals surface area contributed by atoms with Crippen molar-refractivity contribution in [2.24, 2.45) is 0 Å². The maximum absolute atomic E-state index is 6.70. The van der Waals surface area contributed by atoms with Gasteiger partial charge >= 0.3 is 0 Å². The van der Waals surface area contributed by atoms with Crippen molar-refractivity contribution >= 4 is 44.2 Å². The highest BCUT2D eigenvalue weighted by molar-refractivity contribution is 6.35. The molecule has 1 aliphatic carbocycles. The van der Waals surface area contributed by atoms with Gasteiger partial charge in [-0.1, -0.05) is 78.3 Å². The van der Waals surface area contributed by atoms with Crippen LogP contribution in [0.4, 0.5) is 0 Å². The number of para-hydroxylation sites is 1. The van der Waals surface area contributed by atoms with E-state index in [-0.39, 0.29) is 0 Å². The molecule has 1 aromatic heterocycles. The Kier molecular flexibility index (Phi) is 3.12. The first-order valence-electron chi connectivity index (χ1n) is 10.2. The lowest BCUT2D eigenvalue weighted by Crippen LogP contribution is -1.94. The number of rotatable bonds is 1. The topological polar surface area (TPSA) is 4.93 Å². The molecule has 0 spiro atoms. The molecule has 0 N–H and O–H groups in total. The first-order chi connectivity index (χ1) is 14.8. The summed E-state index contributed by atoms with van der Waals surface area (Å²) in [6.07, 6.45) is 0. The van der Waals surface area contributed by atoms with E-state index in [1.165, 1.54) is 49.3 Å². The molecule has 1 aliphatic rings. The van der Waals surface area contributed by atoms with Gasteiger partial charge in [-0.3, -0.25) is 0 Å². The number of nitrogens with zero attached hydrogens (tertiary/aromatic N) is 1. The maximum Gasteiger partial charge on any atom is 0.0562 e. The third-order valence-electron chi connectivity index (χ3n) is 6.36.